The lowest BCUT2D eigenvalue weighted by molar-refractivity contribution is -0.133. The Morgan fingerprint density at radius 2 is 1.82 bits per heavy atom. The summed E-state index contributed by atoms with van der Waals surface area (Å²) < 4.78 is 47.0. The number of likely N-dealkylation sites (tertiary alicyclic amines) is 1. The summed E-state index contributed by atoms with van der Waals surface area (Å²) in [5.74, 6) is -5.24. The molecule has 0 radical (unpaired) electrons. The number of carbonyl (C=O) groups is 3. The highest BCUT2D eigenvalue weighted by molar-refractivity contribution is 6.31. The molecule has 0 aromatic heterocycles. The Bertz CT molecular complexity index is 1280. The third kappa shape index (κ3) is 6.69. The molecule has 12 heteroatoms. The fraction of sp³-hybridized carbons (Fsp3) is 0.464. The molecule has 2 aromatic carbocycles. The number of amides is 3. The van der Waals surface area contributed by atoms with Gasteiger partial charge in [0.25, 0.3) is 11.8 Å². The van der Waals surface area contributed by atoms with Crippen molar-refractivity contribution < 1.29 is 37.4 Å². The summed E-state index contributed by atoms with van der Waals surface area (Å²) in [4.78, 5) is 43.1. The smallest absolute Gasteiger partial charge is 0.411 e. The van der Waals surface area contributed by atoms with Crippen molar-refractivity contribution in [2.24, 2.45) is 0 Å². The SMILES string of the molecule is CC(C)(C)OC(=O)N1CC(O)CC1C(=O)N(c1cccc(F)c1)C(C(=O)NC1CC(F)(F)C1)c1ccccc1Cl. The molecule has 2 aliphatic rings. The molecule has 1 heterocycles. The van der Waals surface area contributed by atoms with Crippen LogP contribution in [-0.4, -0.2) is 64.2 Å². The zero-order valence-electron chi connectivity index (χ0n) is 22.2. The Balaban J connectivity index is 1.79. The predicted octanol–water partition coefficient (Wildman–Crippen LogP) is 4.84. The molecule has 3 atom stereocenters. The van der Waals surface area contributed by atoms with Crippen LogP contribution < -0.4 is 10.2 Å². The molecule has 0 spiro atoms. The summed E-state index contributed by atoms with van der Waals surface area (Å²) in [5, 5.41) is 13.1. The maximum Gasteiger partial charge on any atom is 0.411 e. The quantitative estimate of drug-likeness (QED) is 0.509. The number of anilines is 1. The van der Waals surface area contributed by atoms with E-state index in [0.29, 0.717) is 0 Å². The third-order valence-electron chi connectivity index (χ3n) is 6.66. The zero-order chi connectivity index (χ0) is 29.4. The van der Waals surface area contributed by atoms with Gasteiger partial charge in [-0.05, 0) is 45.0 Å². The molecule has 1 aliphatic carbocycles. The van der Waals surface area contributed by atoms with Crippen molar-refractivity contribution in [3.63, 3.8) is 0 Å². The van der Waals surface area contributed by atoms with E-state index in [0.717, 1.165) is 21.9 Å². The molecule has 2 N–H and O–H groups in total. The fourth-order valence-electron chi connectivity index (χ4n) is 4.90. The summed E-state index contributed by atoms with van der Waals surface area (Å²) in [6.45, 7) is 4.74. The number of hydrogen-bond donors (Lipinski definition) is 2. The van der Waals surface area contributed by atoms with Crippen LogP contribution >= 0.6 is 11.6 Å². The second-order valence-corrected chi connectivity index (χ2v) is 11.5. The number of alkyl halides is 2. The van der Waals surface area contributed by atoms with Crippen molar-refractivity contribution >= 4 is 35.2 Å². The molecule has 216 valence electrons. The van der Waals surface area contributed by atoms with Gasteiger partial charge in [-0.3, -0.25) is 19.4 Å². The van der Waals surface area contributed by atoms with Crippen molar-refractivity contribution in [2.45, 2.75) is 75.8 Å². The minimum absolute atomic E-state index is 0.0328. The van der Waals surface area contributed by atoms with Crippen LogP contribution in [0.3, 0.4) is 0 Å². The number of nitrogens with zero attached hydrogens (tertiary/aromatic N) is 2. The van der Waals surface area contributed by atoms with E-state index in [9.17, 15) is 32.7 Å². The molecule has 8 nitrogen and oxygen atoms in total. The van der Waals surface area contributed by atoms with Gasteiger partial charge in [-0.2, -0.15) is 0 Å². The van der Waals surface area contributed by atoms with Crippen LogP contribution in [0.25, 0.3) is 0 Å². The summed E-state index contributed by atoms with van der Waals surface area (Å²) in [5.41, 5.74) is -0.770. The lowest BCUT2D eigenvalue weighted by atomic mass is 9.87. The summed E-state index contributed by atoms with van der Waals surface area (Å²) >= 11 is 6.46. The first-order valence-electron chi connectivity index (χ1n) is 12.8. The Morgan fingerprint density at radius 1 is 1.15 bits per heavy atom. The minimum Gasteiger partial charge on any atom is -0.444 e. The van der Waals surface area contributed by atoms with Crippen LogP contribution in [-0.2, 0) is 14.3 Å². The predicted molar refractivity (Wildman–Crippen MR) is 142 cm³/mol. The number of carbonyl (C=O) groups excluding carboxylic acids is 3. The number of halogens is 4. The minimum atomic E-state index is -2.91. The van der Waals surface area contributed by atoms with Crippen LogP contribution in [0.2, 0.25) is 5.02 Å². The van der Waals surface area contributed by atoms with E-state index < -0.39 is 72.3 Å². The molecule has 40 heavy (non-hydrogen) atoms. The maximum absolute atomic E-state index is 14.5. The van der Waals surface area contributed by atoms with Crippen molar-refractivity contribution in [2.75, 3.05) is 11.4 Å². The lowest BCUT2D eigenvalue weighted by Gasteiger charge is -2.39. The number of β-amino-alcohol motifs (C(OH)–C–C–N with tert-alkyl or cyclic N) is 1. The highest BCUT2D eigenvalue weighted by Gasteiger charge is 2.49. The van der Waals surface area contributed by atoms with Crippen molar-refractivity contribution in [3.8, 4) is 0 Å². The van der Waals surface area contributed by atoms with Gasteiger partial charge in [0.15, 0.2) is 0 Å². The Hall–Kier alpha value is -3.31. The van der Waals surface area contributed by atoms with E-state index in [-0.39, 0.29) is 29.2 Å². The number of benzene rings is 2. The van der Waals surface area contributed by atoms with E-state index in [2.05, 4.69) is 5.32 Å². The van der Waals surface area contributed by atoms with Crippen LogP contribution in [0.1, 0.15) is 51.6 Å². The summed E-state index contributed by atoms with van der Waals surface area (Å²) in [6.07, 6.45) is -3.22. The fourth-order valence-corrected chi connectivity index (χ4v) is 5.14. The van der Waals surface area contributed by atoms with Gasteiger partial charge in [0.1, 0.15) is 23.5 Å². The largest absolute Gasteiger partial charge is 0.444 e. The zero-order valence-corrected chi connectivity index (χ0v) is 23.0. The van der Waals surface area contributed by atoms with Gasteiger partial charge in [-0.15, -0.1) is 0 Å². The highest BCUT2D eigenvalue weighted by Crippen LogP contribution is 2.39. The third-order valence-corrected chi connectivity index (χ3v) is 7.00. The van der Waals surface area contributed by atoms with Gasteiger partial charge in [-0.25, -0.2) is 18.0 Å². The van der Waals surface area contributed by atoms with E-state index in [1.807, 2.05) is 0 Å². The van der Waals surface area contributed by atoms with Crippen LogP contribution in [0, 0.1) is 5.82 Å². The maximum atomic E-state index is 14.5. The Kier molecular flexibility index (Phi) is 8.37. The van der Waals surface area contributed by atoms with Gasteiger partial charge in [0.05, 0.1) is 12.6 Å². The number of aliphatic hydroxyl groups is 1. The number of hydrogen-bond acceptors (Lipinski definition) is 5. The molecule has 3 unspecified atom stereocenters. The van der Waals surface area contributed by atoms with E-state index in [1.165, 1.54) is 24.3 Å². The molecule has 2 aromatic rings. The average Bonchev–Trinajstić information content (AvgIpc) is 3.22. The molecule has 4 rings (SSSR count). The van der Waals surface area contributed by atoms with E-state index >= 15 is 0 Å². The molecule has 1 saturated carbocycles. The molecule has 0 bridgehead atoms. The number of nitrogens with one attached hydrogen (secondary N) is 1. The number of ether oxygens (including phenoxy) is 1. The second-order valence-electron chi connectivity index (χ2n) is 11.1. The van der Waals surface area contributed by atoms with E-state index in [4.69, 9.17) is 16.3 Å². The normalized spacial score (nSPS) is 21.4. The first kappa shape index (κ1) is 29.7. The molecule has 2 fully saturated rings. The van der Waals surface area contributed by atoms with Gasteiger partial charge in [-0.1, -0.05) is 35.9 Å². The molecule has 1 aliphatic heterocycles. The van der Waals surface area contributed by atoms with Crippen LogP contribution in [0.15, 0.2) is 48.5 Å². The van der Waals surface area contributed by atoms with Gasteiger partial charge >= 0.3 is 6.09 Å². The standard InChI is InChI=1S/C28H31ClF3N3O5/c1-27(2,3)40-26(39)34-15-19(36)12-22(34)25(38)35(18-8-6-7-16(30)11-18)23(20-9-4-5-10-21(20)29)24(37)33-17-13-28(31,32)14-17/h4-11,17,19,22-23,36H,12-15H2,1-3H3,(H,33,37). The van der Waals surface area contributed by atoms with Gasteiger partial charge in [0, 0.05) is 41.6 Å². The van der Waals surface area contributed by atoms with Crippen LogP contribution in [0.5, 0.6) is 0 Å². The topological polar surface area (TPSA) is 99.2 Å². The molecule has 3 amide bonds. The first-order chi connectivity index (χ1) is 18.6. The molecular weight excluding hydrogens is 551 g/mol. The second kappa shape index (κ2) is 11.3. The van der Waals surface area contributed by atoms with Crippen molar-refractivity contribution in [3.05, 3.63) is 64.9 Å². The Morgan fingerprint density at radius 3 is 2.42 bits per heavy atom. The number of aliphatic hydroxyl groups excluding tert-OH is 1. The average molecular weight is 582 g/mol. The van der Waals surface area contributed by atoms with Gasteiger partial charge in [0.2, 0.25) is 5.91 Å². The summed E-state index contributed by atoms with van der Waals surface area (Å²) in [6, 6.07) is 7.48. The monoisotopic (exact) mass is 581 g/mol. The van der Waals surface area contributed by atoms with Gasteiger partial charge < -0.3 is 15.2 Å². The molecule has 1 saturated heterocycles. The Labute approximate surface area is 235 Å². The first-order valence-corrected chi connectivity index (χ1v) is 13.2. The molecular formula is C28H31ClF3N3O5. The highest BCUT2D eigenvalue weighted by atomic mass is 35.5. The van der Waals surface area contributed by atoms with Crippen LogP contribution in [0.4, 0.5) is 23.7 Å². The van der Waals surface area contributed by atoms with Crippen molar-refractivity contribution in [1.82, 2.24) is 10.2 Å². The number of rotatable bonds is 6. The van der Waals surface area contributed by atoms with E-state index in [1.54, 1.807) is 32.9 Å². The van der Waals surface area contributed by atoms with Crippen molar-refractivity contribution in [1.29, 1.82) is 0 Å². The lowest BCUT2D eigenvalue weighted by Crippen LogP contribution is -2.56. The summed E-state index contributed by atoms with van der Waals surface area (Å²) in [7, 11) is 0.